The summed E-state index contributed by atoms with van der Waals surface area (Å²) in [6.07, 6.45) is 0. The van der Waals surface area contributed by atoms with Gasteiger partial charge in [-0.1, -0.05) is 0 Å². The van der Waals surface area contributed by atoms with Gasteiger partial charge < -0.3 is 14.3 Å². The predicted molar refractivity (Wildman–Crippen MR) is 44.1 cm³/mol. The fourth-order valence-electron chi connectivity index (χ4n) is 1.07. The van der Waals surface area contributed by atoms with Gasteiger partial charge in [-0.3, -0.25) is 9.36 Å². The Bertz CT molecular complexity index is 323. The zero-order valence-electron chi connectivity index (χ0n) is 8.80. The van der Waals surface area contributed by atoms with E-state index in [9.17, 15) is 19.0 Å². The SMILES string of the molecule is CCOP(=O)([O-])N1C(=O)CN(C)C1=O.[Li+]. The summed E-state index contributed by atoms with van der Waals surface area (Å²) in [6.45, 7) is 1.11. The summed E-state index contributed by atoms with van der Waals surface area (Å²) in [7, 11) is -3.21. The molecular weight excluding hydrogens is 218 g/mol. The van der Waals surface area contributed by atoms with Gasteiger partial charge in [0.1, 0.15) is 6.54 Å². The zero-order valence-corrected chi connectivity index (χ0v) is 9.69. The second-order valence-electron chi connectivity index (χ2n) is 2.73. The van der Waals surface area contributed by atoms with Crippen molar-refractivity contribution in [1.29, 1.82) is 0 Å². The Hall–Kier alpha value is -0.313. The molecule has 0 aromatic carbocycles. The summed E-state index contributed by atoms with van der Waals surface area (Å²) in [5.41, 5.74) is 0. The molecule has 1 heterocycles. The van der Waals surface area contributed by atoms with Crippen LogP contribution in [0.3, 0.4) is 0 Å². The minimum Gasteiger partial charge on any atom is -0.761 e. The number of carbonyl (C=O) groups excluding carboxylic acids is 2. The van der Waals surface area contributed by atoms with E-state index in [1.165, 1.54) is 14.0 Å². The monoisotopic (exact) mass is 228 g/mol. The van der Waals surface area contributed by atoms with Gasteiger partial charge >= 0.3 is 24.9 Å². The Balaban J connectivity index is 0.00000196. The van der Waals surface area contributed by atoms with Crippen LogP contribution in [0.5, 0.6) is 0 Å². The van der Waals surface area contributed by atoms with E-state index in [4.69, 9.17) is 0 Å². The summed E-state index contributed by atoms with van der Waals surface area (Å²) in [4.78, 5) is 34.6. The second kappa shape index (κ2) is 5.15. The Labute approximate surface area is 99.1 Å². The van der Waals surface area contributed by atoms with Crippen LogP contribution >= 0.6 is 7.75 Å². The maximum atomic E-state index is 11.3. The molecule has 1 aliphatic rings. The van der Waals surface area contributed by atoms with Gasteiger partial charge in [0, 0.05) is 7.05 Å². The van der Waals surface area contributed by atoms with Gasteiger partial charge in [0.15, 0.2) is 0 Å². The predicted octanol–water partition coefficient (Wildman–Crippen LogP) is -3.61. The fourth-order valence-corrected chi connectivity index (χ4v) is 2.21. The molecule has 15 heavy (non-hydrogen) atoms. The summed E-state index contributed by atoms with van der Waals surface area (Å²) in [5.74, 6) is -0.788. The van der Waals surface area contributed by atoms with E-state index < -0.39 is 19.7 Å². The number of rotatable bonds is 3. The normalized spacial score (nSPS) is 20.2. The number of hydrogen-bond donors (Lipinski definition) is 0. The van der Waals surface area contributed by atoms with E-state index in [-0.39, 0.29) is 36.7 Å². The molecule has 1 atom stereocenters. The molecule has 0 spiro atoms. The third-order valence-electron chi connectivity index (χ3n) is 1.65. The van der Waals surface area contributed by atoms with Crippen LogP contribution in [0.2, 0.25) is 0 Å². The second-order valence-corrected chi connectivity index (χ2v) is 4.33. The Morgan fingerprint density at radius 2 is 2.07 bits per heavy atom. The molecule has 7 nitrogen and oxygen atoms in total. The Morgan fingerprint density at radius 1 is 1.53 bits per heavy atom. The van der Waals surface area contributed by atoms with E-state index >= 15 is 0 Å². The molecule has 0 N–H and O–H groups in total. The standard InChI is InChI=1S/C6H11N2O5P.Li/c1-3-13-14(11,12)8-5(9)4-7(2)6(8)10;/h3-4H2,1-2H3,(H,11,12);/q;+1/p-1. The maximum absolute atomic E-state index is 11.3. The van der Waals surface area contributed by atoms with Crippen LogP contribution in [0.25, 0.3) is 0 Å². The molecule has 0 aliphatic carbocycles. The van der Waals surface area contributed by atoms with Crippen molar-refractivity contribution in [3.05, 3.63) is 0 Å². The third kappa shape index (κ3) is 2.83. The first-order valence-corrected chi connectivity index (χ1v) is 5.44. The molecule has 9 heteroatoms. The van der Waals surface area contributed by atoms with Crippen LogP contribution in [-0.2, 0) is 13.9 Å². The van der Waals surface area contributed by atoms with Crippen molar-refractivity contribution in [3.8, 4) is 0 Å². The number of carbonyl (C=O) groups is 2. The van der Waals surface area contributed by atoms with Crippen LogP contribution in [-0.4, -0.2) is 41.7 Å². The minimum absolute atomic E-state index is 0. The maximum Gasteiger partial charge on any atom is 1.00 e. The molecule has 0 saturated carbocycles. The molecule has 0 bridgehead atoms. The zero-order chi connectivity index (χ0) is 10.9. The molecule has 0 aromatic rings. The van der Waals surface area contributed by atoms with Gasteiger partial charge in [0.05, 0.1) is 6.61 Å². The van der Waals surface area contributed by atoms with Crippen molar-refractivity contribution in [2.75, 3.05) is 20.2 Å². The van der Waals surface area contributed by atoms with Gasteiger partial charge in [0.2, 0.25) is 7.75 Å². The van der Waals surface area contributed by atoms with Crippen molar-refractivity contribution < 1.29 is 42.4 Å². The molecule has 0 aromatic heterocycles. The van der Waals surface area contributed by atoms with Crippen LogP contribution in [0.1, 0.15) is 6.92 Å². The molecule has 0 radical (unpaired) electrons. The third-order valence-corrected chi connectivity index (χ3v) is 3.12. The molecule has 1 rings (SSSR count). The molecule has 3 amide bonds. The minimum atomic E-state index is -4.55. The van der Waals surface area contributed by atoms with E-state index in [2.05, 4.69) is 4.52 Å². The van der Waals surface area contributed by atoms with Gasteiger partial charge in [-0.25, -0.2) is 4.79 Å². The van der Waals surface area contributed by atoms with Gasteiger partial charge in [0.25, 0.3) is 5.91 Å². The number of hydrogen-bond acceptors (Lipinski definition) is 5. The van der Waals surface area contributed by atoms with Crippen molar-refractivity contribution in [2.24, 2.45) is 0 Å². The Kier molecular flexibility index (Phi) is 5.04. The average molecular weight is 228 g/mol. The van der Waals surface area contributed by atoms with Crippen molar-refractivity contribution in [2.45, 2.75) is 6.92 Å². The van der Waals surface area contributed by atoms with Crippen LogP contribution in [0, 0.1) is 0 Å². The first kappa shape index (κ1) is 14.7. The van der Waals surface area contributed by atoms with Gasteiger partial charge in [-0.15, -0.1) is 0 Å². The van der Waals surface area contributed by atoms with Crippen LogP contribution < -0.4 is 23.8 Å². The molecule has 1 aliphatic heterocycles. The van der Waals surface area contributed by atoms with Crippen LogP contribution in [0.15, 0.2) is 0 Å². The molecule has 80 valence electrons. The fraction of sp³-hybridized carbons (Fsp3) is 0.667. The van der Waals surface area contributed by atoms with E-state index in [0.717, 1.165) is 4.90 Å². The number of likely N-dealkylation sites (N-methyl/N-ethyl adjacent to an activating group) is 1. The van der Waals surface area contributed by atoms with Gasteiger partial charge in [-0.2, -0.15) is 4.67 Å². The average Bonchev–Trinajstić information content (AvgIpc) is 2.26. The number of nitrogens with zero attached hydrogens (tertiary/aromatic N) is 2. The summed E-state index contributed by atoms with van der Waals surface area (Å²) < 4.78 is 15.8. The molecule has 1 unspecified atom stereocenters. The van der Waals surface area contributed by atoms with Crippen LogP contribution in [0.4, 0.5) is 4.79 Å². The molecule has 1 saturated heterocycles. The molecule has 1 fully saturated rings. The van der Waals surface area contributed by atoms with Gasteiger partial charge in [-0.05, 0) is 6.92 Å². The summed E-state index contributed by atoms with van der Waals surface area (Å²) in [5, 5.41) is 0. The summed E-state index contributed by atoms with van der Waals surface area (Å²) in [6, 6.07) is -0.873. The van der Waals surface area contributed by atoms with E-state index in [1.807, 2.05) is 0 Å². The largest absolute Gasteiger partial charge is 1.00 e. The smallest absolute Gasteiger partial charge is 0.761 e. The first-order valence-electron chi connectivity index (χ1n) is 3.94. The van der Waals surface area contributed by atoms with E-state index in [0.29, 0.717) is 0 Å². The Morgan fingerprint density at radius 3 is 2.40 bits per heavy atom. The van der Waals surface area contributed by atoms with Crippen molar-refractivity contribution in [3.63, 3.8) is 0 Å². The van der Waals surface area contributed by atoms with E-state index in [1.54, 1.807) is 0 Å². The molecular formula is C6H10LiN2O5P. The first-order chi connectivity index (χ1) is 6.40. The topological polar surface area (TPSA) is 90.0 Å². The summed E-state index contributed by atoms with van der Waals surface area (Å²) >= 11 is 0. The quantitative estimate of drug-likeness (QED) is 0.282. The van der Waals surface area contributed by atoms with Crippen molar-refractivity contribution in [1.82, 2.24) is 9.57 Å². The number of amides is 3. The van der Waals surface area contributed by atoms with Crippen molar-refractivity contribution >= 4 is 19.7 Å². The number of urea groups is 1. The number of imide groups is 1.